The van der Waals surface area contributed by atoms with E-state index < -0.39 is 5.91 Å². The molecule has 0 fully saturated rings. The van der Waals surface area contributed by atoms with Crippen molar-refractivity contribution in [3.05, 3.63) is 77.2 Å². The largest absolute Gasteiger partial charge is 0.487 e. The summed E-state index contributed by atoms with van der Waals surface area (Å²) in [6, 6.07) is 12.6. The molecule has 29 heavy (non-hydrogen) atoms. The molecule has 0 aliphatic carbocycles. The number of fused-ring (bicyclic) bond motifs is 1. The molecule has 0 saturated carbocycles. The lowest BCUT2D eigenvalue weighted by atomic mass is 10.2. The summed E-state index contributed by atoms with van der Waals surface area (Å²) in [6.07, 6.45) is 3.89. The quantitative estimate of drug-likeness (QED) is 0.489. The highest BCUT2D eigenvalue weighted by molar-refractivity contribution is 7.14. The minimum Gasteiger partial charge on any atom is -0.487 e. The predicted molar refractivity (Wildman–Crippen MR) is 109 cm³/mol. The van der Waals surface area contributed by atoms with Gasteiger partial charge in [0.25, 0.3) is 5.91 Å². The van der Waals surface area contributed by atoms with Crippen molar-refractivity contribution in [2.45, 2.75) is 13.0 Å². The van der Waals surface area contributed by atoms with E-state index >= 15 is 0 Å². The number of pyridine rings is 1. The first-order chi connectivity index (χ1) is 14.1. The van der Waals surface area contributed by atoms with E-state index in [4.69, 9.17) is 10.5 Å². The van der Waals surface area contributed by atoms with E-state index in [1.807, 2.05) is 35.0 Å². The van der Waals surface area contributed by atoms with Gasteiger partial charge >= 0.3 is 0 Å². The molecule has 0 aliphatic heterocycles. The number of amides is 2. The second kappa shape index (κ2) is 8.11. The summed E-state index contributed by atoms with van der Waals surface area (Å²) in [4.78, 5) is 31.9. The molecular formula is C20H17N5O3S. The van der Waals surface area contributed by atoms with Crippen molar-refractivity contribution in [3.63, 3.8) is 0 Å². The summed E-state index contributed by atoms with van der Waals surface area (Å²) < 4.78 is 7.68. The van der Waals surface area contributed by atoms with E-state index in [0.717, 1.165) is 11.3 Å². The molecule has 0 unspecified atom stereocenters. The van der Waals surface area contributed by atoms with Gasteiger partial charge < -0.3 is 14.9 Å². The van der Waals surface area contributed by atoms with Gasteiger partial charge in [0.2, 0.25) is 5.91 Å². The van der Waals surface area contributed by atoms with Crippen molar-refractivity contribution in [2.24, 2.45) is 5.73 Å². The molecule has 0 atom stereocenters. The number of thiazole rings is 1. The number of carbonyl (C=O) groups excluding carboxylic acids is 2. The third kappa shape index (κ3) is 4.58. The summed E-state index contributed by atoms with van der Waals surface area (Å²) in [5, 5.41) is 4.81. The fourth-order valence-corrected chi connectivity index (χ4v) is 3.42. The molecule has 2 amide bonds. The maximum atomic E-state index is 12.3. The normalized spacial score (nSPS) is 10.8. The Balaban J connectivity index is 1.35. The fraction of sp³-hybridized carbons (Fsp3) is 0.100. The van der Waals surface area contributed by atoms with Gasteiger partial charge in [-0.15, -0.1) is 11.3 Å². The molecule has 146 valence electrons. The highest BCUT2D eigenvalue weighted by atomic mass is 32.1. The van der Waals surface area contributed by atoms with Crippen LogP contribution in [0.4, 0.5) is 5.13 Å². The van der Waals surface area contributed by atoms with E-state index in [1.165, 1.54) is 11.3 Å². The number of imidazole rings is 1. The average molecular weight is 407 g/mol. The lowest BCUT2D eigenvalue weighted by molar-refractivity contribution is -0.117. The van der Waals surface area contributed by atoms with E-state index in [9.17, 15) is 9.59 Å². The number of benzene rings is 1. The molecular weight excluding hydrogens is 390 g/mol. The molecule has 0 aliphatic rings. The van der Waals surface area contributed by atoms with Crippen molar-refractivity contribution in [1.82, 2.24) is 14.4 Å². The van der Waals surface area contributed by atoms with Gasteiger partial charge in [-0.2, -0.15) is 0 Å². The van der Waals surface area contributed by atoms with Crippen LogP contribution in [-0.4, -0.2) is 26.2 Å². The standard InChI is InChI=1S/C20H17N5O3S/c21-17(26)9-14-12-29-20(23-14)24-19(27)13-4-6-16(7-5-13)28-11-15-10-25-8-2-1-3-18(25)22-15/h1-8,10,12H,9,11H2,(H2,21,26)(H,23,24,27). The molecule has 3 heterocycles. The molecule has 0 spiro atoms. The first kappa shape index (κ1) is 18.6. The second-order valence-corrected chi connectivity index (χ2v) is 7.11. The monoisotopic (exact) mass is 407 g/mol. The van der Waals surface area contributed by atoms with Crippen molar-refractivity contribution in [1.29, 1.82) is 0 Å². The van der Waals surface area contributed by atoms with Crippen LogP contribution in [0.15, 0.2) is 60.2 Å². The summed E-state index contributed by atoms with van der Waals surface area (Å²) in [7, 11) is 0. The van der Waals surface area contributed by atoms with Crippen molar-refractivity contribution < 1.29 is 14.3 Å². The Bertz CT molecular complexity index is 1130. The van der Waals surface area contributed by atoms with Crippen LogP contribution in [0.1, 0.15) is 21.7 Å². The summed E-state index contributed by atoms with van der Waals surface area (Å²) >= 11 is 1.24. The molecule has 0 saturated heterocycles. The SMILES string of the molecule is NC(=O)Cc1csc(NC(=O)c2ccc(OCc3cn4ccccc4n3)cc2)n1. The topological polar surface area (TPSA) is 112 Å². The number of nitrogens with zero attached hydrogens (tertiary/aromatic N) is 3. The molecule has 8 nitrogen and oxygen atoms in total. The molecule has 3 N–H and O–H groups in total. The summed E-state index contributed by atoms with van der Waals surface area (Å²) in [5.74, 6) is -0.124. The number of anilines is 1. The van der Waals surface area contributed by atoms with Gasteiger partial charge in [-0.3, -0.25) is 14.9 Å². The summed E-state index contributed by atoms with van der Waals surface area (Å²) in [6.45, 7) is 0.328. The minimum absolute atomic E-state index is 0.0463. The molecule has 4 rings (SSSR count). The zero-order valence-corrected chi connectivity index (χ0v) is 16.1. The fourth-order valence-electron chi connectivity index (χ4n) is 2.71. The van der Waals surface area contributed by atoms with Crippen molar-refractivity contribution in [2.75, 3.05) is 5.32 Å². The minimum atomic E-state index is -0.465. The third-order valence-electron chi connectivity index (χ3n) is 4.04. The van der Waals surface area contributed by atoms with Gasteiger partial charge in [0.15, 0.2) is 5.13 Å². The highest BCUT2D eigenvalue weighted by Crippen LogP contribution is 2.19. The molecule has 0 bridgehead atoms. The molecule has 3 aromatic heterocycles. The zero-order valence-electron chi connectivity index (χ0n) is 15.2. The Kier molecular flexibility index (Phi) is 5.21. The lowest BCUT2D eigenvalue weighted by Crippen LogP contribution is -2.14. The van der Waals surface area contributed by atoms with Crippen LogP contribution in [0.5, 0.6) is 5.75 Å². The Morgan fingerprint density at radius 2 is 1.93 bits per heavy atom. The number of hydrogen-bond acceptors (Lipinski definition) is 6. The van der Waals surface area contributed by atoms with Crippen LogP contribution in [0.25, 0.3) is 5.65 Å². The van der Waals surface area contributed by atoms with Gasteiger partial charge in [0, 0.05) is 23.3 Å². The smallest absolute Gasteiger partial charge is 0.257 e. The van der Waals surface area contributed by atoms with Gasteiger partial charge in [-0.25, -0.2) is 9.97 Å². The number of nitrogens with one attached hydrogen (secondary N) is 1. The molecule has 0 radical (unpaired) electrons. The number of carbonyl (C=O) groups is 2. The first-order valence-corrected chi connectivity index (χ1v) is 9.64. The van der Waals surface area contributed by atoms with E-state index in [-0.39, 0.29) is 12.3 Å². The Labute approximate surface area is 170 Å². The van der Waals surface area contributed by atoms with Crippen LogP contribution in [0.2, 0.25) is 0 Å². The molecule has 9 heteroatoms. The highest BCUT2D eigenvalue weighted by Gasteiger charge is 2.11. The van der Waals surface area contributed by atoms with E-state index in [2.05, 4.69) is 15.3 Å². The van der Waals surface area contributed by atoms with E-state index in [1.54, 1.807) is 29.6 Å². The Morgan fingerprint density at radius 3 is 2.69 bits per heavy atom. The number of ether oxygens (including phenoxy) is 1. The van der Waals surface area contributed by atoms with Gasteiger partial charge in [0.1, 0.15) is 18.0 Å². The average Bonchev–Trinajstić information content (AvgIpc) is 3.32. The Hall–Kier alpha value is -3.72. The molecule has 1 aromatic carbocycles. The van der Waals surface area contributed by atoms with Gasteiger partial charge in [0.05, 0.1) is 17.8 Å². The van der Waals surface area contributed by atoms with Crippen molar-refractivity contribution in [3.8, 4) is 5.75 Å². The zero-order chi connectivity index (χ0) is 20.2. The van der Waals surface area contributed by atoms with Gasteiger partial charge in [-0.1, -0.05) is 6.07 Å². The lowest BCUT2D eigenvalue weighted by Gasteiger charge is -2.06. The van der Waals surface area contributed by atoms with Crippen molar-refractivity contribution >= 4 is 33.9 Å². The molecule has 4 aromatic rings. The number of primary amides is 1. The maximum Gasteiger partial charge on any atom is 0.257 e. The number of rotatable bonds is 7. The van der Waals surface area contributed by atoms with Gasteiger partial charge in [-0.05, 0) is 36.4 Å². The predicted octanol–water partition coefficient (Wildman–Crippen LogP) is 2.65. The van der Waals surface area contributed by atoms with E-state index in [0.29, 0.717) is 28.7 Å². The van der Waals surface area contributed by atoms with Crippen LogP contribution in [-0.2, 0) is 17.8 Å². The third-order valence-corrected chi connectivity index (χ3v) is 4.85. The van der Waals surface area contributed by atoms with Crippen LogP contribution >= 0.6 is 11.3 Å². The summed E-state index contributed by atoms with van der Waals surface area (Å²) in [5.41, 5.74) is 7.82. The number of hydrogen-bond donors (Lipinski definition) is 2. The Morgan fingerprint density at radius 1 is 1.10 bits per heavy atom. The van der Waals surface area contributed by atoms with Crippen LogP contribution < -0.4 is 15.8 Å². The number of aromatic nitrogens is 3. The second-order valence-electron chi connectivity index (χ2n) is 6.25. The number of nitrogens with two attached hydrogens (primary N) is 1. The first-order valence-electron chi connectivity index (χ1n) is 8.76. The van der Waals surface area contributed by atoms with Crippen LogP contribution in [0, 0.1) is 0 Å². The maximum absolute atomic E-state index is 12.3. The van der Waals surface area contributed by atoms with Crippen LogP contribution in [0.3, 0.4) is 0 Å².